The van der Waals surface area contributed by atoms with E-state index in [0.717, 1.165) is 122 Å². The summed E-state index contributed by atoms with van der Waals surface area (Å²) in [5.74, 6) is -0.881. The van der Waals surface area contributed by atoms with E-state index in [0.29, 0.717) is 23.9 Å². The van der Waals surface area contributed by atoms with Crippen molar-refractivity contribution in [3.63, 3.8) is 0 Å². The third kappa shape index (κ3) is 59.3. The SMILES string of the molecule is CC/C=C\C/C=C\C/C=C\C/C=C\C/C=C\C/C=C\C/C=C\C/C=C\C/C=C\C/C=C\CCCCCCC(=O)OC(COC(=O)CCCCCCC/C=C\CCCCCCCCC)COP(=O)([O-])OCC[N+](C)(C)C. The number of rotatable bonds is 52. The Kier molecular flexibility index (Phi) is 52.1. The fourth-order valence-electron chi connectivity index (χ4n) is 7.38. The molecule has 0 aliphatic heterocycles. The van der Waals surface area contributed by atoms with Crippen LogP contribution in [0.4, 0.5) is 0 Å². The zero-order valence-electron chi connectivity index (χ0n) is 48.2. The van der Waals surface area contributed by atoms with E-state index in [2.05, 4.69) is 148 Å². The number of likely N-dealkylation sites (N-methyl/N-ethyl adjacent to an activating group) is 1. The topological polar surface area (TPSA) is 111 Å². The fourth-order valence-corrected chi connectivity index (χ4v) is 8.11. The molecule has 0 amide bonds. The molecule has 0 aliphatic rings. The van der Waals surface area contributed by atoms with Crippen LogP contribution in [0.25, 0.3) is 0 Å². The molecule has 0 heterocycles. The van der Waals surface area contributed by atoms with Gasteiger partial charge in [0, 0.05) is 12.8 Å². The smallest absolute Gasteiger partial charge is 0.306 e. The van der Waals surface area contributed by atoms with Crippen molar-refractivity contribution in [3.8, 4) is 0 Å². The third-order valence-corrected chi connectivity index (χ3v) is 12.9. The molecule has 9 nitrogen and oxygen atoms in total. The van der Waals surface area contributed by atoms with Gasteiger partial charge < -0.3 is 27.9 Å². The lowest BCUT2D eigenvalue weighted by Gasteiger charge is -2.28. The van der Waals surface area contributed by atoms with Crippen LogP contribution in [0.1, 0.15) is 213 Å². The van der Waals surface area contributed by atoms with E-state index < -0.39 is 32.5 Å². The van der Waals surface area contributed by atoms with E-state index in [1.807, 2.05) is 21.1 Å². The molecule has 0 bridgehead atoms. The maximum Gasteiger partial charge on any atom is 0.306 e. The van der Waals surface area contributed by atoms with E-state index in [1.54, 1.807) is 0 Å². The van der Waals surface area contributed by atoms with Gasteiger partial charge in [-0.15, -0.1) is 0 Å². The normalized spacial score (nSPS) is 14.3. The van der Waals surface area contributed by atoms with Crippen LogP contribution >= 0.6 is 7.82 Å². The summed E-state index contributed by atoms with van der Waals surface area (Å²) in [6.45, 7) is 4.06. The van der Waals surface area contributed by atoms with Crippen molar-refractivity contribution >= 4 is 19.8 Å². The first kappa shape index (κ1) is 71.2. The molecule has 0 fully saturated rings. The van der Waals surface area contributed by atoms with Gasteiger partial charge in [0.25, 0.3) is 7.82 Å². The number of esters is 2. The van der Waals surface area contributed by atoms with Gasteiger partial charge in [0.2, 0.25) is 0 Å². The lowest BCUT2D eigenvalue weighted by Crippen LogP contribution is -2.37. The standard InChI is InChI=1S/C65H108NO8P/c1-6-8-10-12-14-16-18-20-22-24-25-26-27-28-29-30-31-32-33-34-35-36-37-38-39-40-41-42-44-46-48-50-52-54-56-58-65(68)74-63(62-73-75(69,70)72-60-59-66(3,4)5)61-71-64(67)57-55-53-51-49-47-45-43-23-21-19-17-15-13-11-9-7-2/h8,10,14,16,20,22-23,25-26,28-29,31-32,34-35,37-38,40-41,43-44,46,63H,6-7,9,11-13,15,17-19,21,24,27,30,33,36,39,42,45,47-62H2,1-5H3/b10-8-,16-14-,22-20-,26-25-,29-28-,32-31-,35-34-,38-37-,41-40-,43-23-,46-44-. The molecule has 0 N–H and O–H groups in total. The van der Waals surface area contributed by atoms with Gasteiger partial charge in [-0.05, 0) is 116 Å². The Morgan fingerprint density at radius 2 is 0.760 bits per heavy atom. The molecule has 0 rings (SSSR count). The Morgan fingerprint density at radius 1 is 0.427 bits per heavy atom. The highest BCUT2D eigenvalue weighted by Crippen LogP contribution is 2.38. The van der Waals surface area contributed by atoms with Crippen LogP contribution in [0.15, 0.2) is 134 Å². The summed E-state index contributed by atoms with van der Waals surface area (Å²) in [6.07, 6.45) is 79.3. The third-order valence-electron chi connectivity index (χ3n) is 11.9. The summed E-state index contributed by atoms with van der Waals surface area (Å²) >= 11 is 0. The van der Waals surface area contributed by atoms with E-state index in [9.17, 15) is 19.0 Å². The molecule has 0 aromatic heterocycles. The second-order valence-electron chi connectivity index (χ2n) is 20.3. The van der Waals surface area contributed by atoms with Crippen LogP contribution in [0.3, 0.4) is 0 Å². The van der Waals surface area contributed by atoms with Crippen LogP contribution in [0.2, 0.25) is 0 Å². The van der Waals surface area contributed by atoms with Crippen LogP contribution in [0.5, 0.6) is 0 Å². The predicted molar refractivity (Wildman–Crippen MR) is 318 cm³/mol. The number of unbranched alkanes of at least 4 members (excludes halogenated alkanes) is 16. The second-order valence-corrected chi connectivity index (χ2v) is 21.7. The van der Waals surface area contributed by atoms with Crippen LogP contribution in [-0.4, -0.2) is 70.0 Å². The molecule has 0 aromatic carbocycles. The molecule has 0 radical (unpaired) electrons. The van der Waals surface area contributed by atoms with Gasteiger partial charge in [0.15, 0.2) is 6.10 Å². The van der Waals surface area contributed by atoms with Crippen LogP contribution in [0, 0.1) is 0 Å². The average Bonchev–Trinajstić information content (AvgIpc) is 3.37. The Balaban J connectivity index is 4.25. The highest BCUT2D eigenvalue weighted by molar-refractivity contribution is 7.45. The van der Waals surface area contributed by atoms with Crippen molar-refractivity contribution < 1.29 is 42.1 Å². The summed E-state index contributed by atoms with van der Waals surface area (Å²) < 4.78 is 34.1. The zero-order valence-corrected chi connectivity index (χ0v) is 49.1. The molecule has 426 valence electrons. The molecule has 0 aromatic rings. The molecular formula is C65H108NO8P. The highest BCUT2D eigenvalue weighted by Gasteiger charge is 2.21. The Hall–Kier alpha value is -3.85. The maximum absolute atomic E-state index is 12.8. The van der Waals surface area contributed by atoms with Crippen molar-refractivity contribution in [2.24, 2.45) is 0 Å². The summed E-state index contributed by atoms with van der Waals surface area (Å²) in [5.41, 5.74) is 0. The number of hydrogen-bond acceptors (Lipinski definition) is 8. The van der Waals surface area contributed by atoms with Gasteiger partial charge in [-0.25, -0.2) is 0 Å². The Labute approximate surface area is 460 Å². The van der Waals surface area contributed by atoms with Gasteiger partial charge in [-0.2, -0.15) is 0 Å². The van der Waals surface area contributed by atoms with E-state index in [-0.39, 0.29) is 26.1 Å². The minimum absolute atomic E-state index is 0.0445. The van der Waals surface area contributed by atoms with Gasteiger partial charge in [-0.1, -0.05) is 218 Å². The van der Waals surface area contributed by atoms with Crippen molar-refractivity contribution in [2.75, 3.05) is 47.5 Å². The minimum atomic E-state index is -4.65. The number of quaternary nitrogens is 1. The van der Waals surface area contributed by atoms with Gasteiger partial charge in [0.05, 0.1) is 27.7 Å². The number of ether oxygens (including phenoxy) is 2. The van der Waals surface area contributed by atoms with E-state index >= 15 is 0 Å². The van der Waals surface area contributed by atoms with Crippen LogP contribution < -0.4 is 4.89 Å². The zero-order chi connectivity index (χ0) is 54.9. The molecule has 0 saturated carbocycles. The van der Waals surface area contributed by atoms with Gasteiger partial charge in [-0.3, -0.25) is 14.2 Å². The molecule has 75 heavy (non-hydrogen) atoms. The fraction of sp³-hybridized carbons (Fsp3) is 0.631. The van der Waals surface area contributed by atoms with Crippen molar-refractivity contribution in [1.29, 1.82) is 0 Å². The first-order valence-electron chi connectivity index (χ1n) is 29.4. The highest BCUT2D eigenvalue weighted by atomic mass is 31.2. The number of allylic oxidation sites excluding steroid dienone is 22. The number of hydrogen-bond donors (Lipinski definition) is 0. The number of nitrogens with zero attached hydrogens (tertiary/aromatic N) is 1. The number of carbonyl (C=O) groups excluding carboxylic acids is 2. The molecule has 0 saturated heterocycles. The number of phosphoric ester groups is 1. The van der Waals surface area contributed by atoms with E-state index in [4.69, 9.17) is 18.5 Å². The number of phosphoric acid groups is 1. The molecule has 10 heteroatoms. The molecule has 0 aliphatic carbocycles. The molecule has 2 unspecified atom stereocenters. The molecular weight excluding hydrogens is 954 g/mol. The van der Waals surface area contributed by atoms with Gasteiger partial charge >= 0.3 is 11.9 Å². The minimum Gasteiger partial charge on any atom is -0.756 e. The second kappa shape index (κ2) is 54.9. The van der Waals surface area contributed by atoms with E-state index in [1.165, 1.54) is 51.4 Å². The number of carbonyl (C=O) groups is 2. The maximum atomic E-state index is 12.8. The first-order valence-corrected chi connectivity index (χ1v) is 30.9. The largest absolute Gasteiger partial charge is 0.756 e. The predicted octanol–water partition coefficient (Wildman–Crippen LogP) is 17.9. The van der Waals surface area contributed by atoms with Gasteiger partial charge in [0.1, 0.15) is 19.8 Å². The Bertz CT molecular complexity index is 1730. The first-order chi connectivity index (χ1) is 36.5. The molecule has 0 spiro atoms. The van der Waals surface area contributed by atoms with Crippen molar-refractivity contribution in [2.45, 2.75) is 219 Å². The van der Waals surface area contributed by atoms with Crippen LogP contribution in [-0.2, 0) is 32.7 Å². The summed E-state index contributed by atoms with van der Waals surface area (Å²) in [4.78, 5) is 37.8. The summed E-state index contributed by atoms with van der Waals surface area (Å²) in [5, 5.41) is 0. The van der Waals surface area contributed by atoms with Crippen molar-refractivity contribution in [1.82, 2.24) is 0 Å². The average molecular weight is 1060 g/mol. The molecule has 2 atom stereocenters. The summed E-state index contributed by atoms with van der Waals surface area (Å²) in [7, 11) is 1.12. The monoisotopic (exact) mass is 1060 g/mol. The quantitative estimate of drug-likeness (QED) is 0.0195. The Morgan fingerprint density at radius 3 is 1.15 bits per heavy atom. The lowest BCUT2D eigenvalue weighted by molar-refractivity contribution is -0.870. The lowest BCUT2D eigenvalue weighted by atomic mass is 10.1. The van der Waals surface area contributed by atoms with Crippen molar-refractivity contribution in [3.05, 3.63) is 134 Å². The summed E-state index contributed by atoms with van der Waals surface area (Å²) in [6, 6.07) is 0.